The lowest BCUT2D eigenvalue weighted by Gasteiger charge is -2.39. The molecule has 5 nitrogen and oxygen atoms in total. The largest absolute Gasteiger partial charge is 0.487 e. The summed E-state index contributed by atoms with van der Waals surface area (Å²) in [5, 5.41) is 2.71. The highest BCUT2D eigenvalue weighted by Gasteiger charge is 2.40. The molecule has 0 radical (unpaired) electrons. The molecule has 1 N–H and O–H groups in total. The Labute approximate surface area is 203 Å². The minimum absolute atomic E-state index is 0.00561. The first-order valence-corrected chi connectivity index (χ1v) is 12.2. The van der Waals surface area contributed by atoms with Gasteiger partial charge in [0.2, 0.25) is 5.91 Å². The number of hydrogen-bond donors (Lipinski definition) is 1. The Morgan fingerprint density at radius 2 is 1.94 bits per heavy atom. The molecule has 0 bridgehead atoms. The third-order valence-electron chi connectivity index (χ3n) is 7.35. The van der Waals surface area contributed by atoms with Gasteiger partial charge in [-0.15, -0.1) is 0 Å². The number of nitrogens with one attached hydrogen (secondary N) is 1. The maximum absolute atomic E-state index is 13.5. The third-order valence-corrected chi connectivity index (χ3v) is 7.35. The molecule has 2 aliphatic carbocycles. The number of carbonyl (C=O) groups is 1. The van der Waals surface area contributed by atoms with E-state index in [2.05, 4.69) is 22.1 Å². The quantitative estimate of drug-likeness (QED) is 0.603. The molecule has 1 aromatic heterocycles. The number of fused-ring (bicyclic) bond motifs is 1. The van der Waals surface area contributed by atoms with Gasteiger partial charge < -0.3 is 10.1 Å². The van der Waals surface area contributed by atoms with Gasteiger partial charge in [0, 0.05) is 26.7 Å². The van der Waals surface area contributed by atoms with Gasteiger partial charge in [0.15, 0.2) is 0 Å². The number of halogens is 3. The Morgan fingerprint density at radius 3 is 2.63 bits per heavy atom. The highest BCUT2D eigenvalue weighted by Crippen LogP contribution is 2.45. The SMILES string of the molecule is CNC(=O)C1CN(CC2=C(C)c3ccc(OCc4ccc(C5CC5)c(C(F)(F)F)n4)cc3CC2)C1. The Balaban J connectivity index is 1.24. The fourth-order valence-corrected chi connectivity index (χ4v) is 5.13. The Kier molecular flexibility index (Phi) is 6.34. The van der Waals surface area contributed by atoms with Crippen LogP contribution in [0.4, 0.5) is 13.2 Å². The van der Waals surface area contributed by atoms with Crippen LogP contribution in [0.1, 0.15) is 60.2 Å². The van der Waals surface area contributed by atoms with E-state index < -0.39 is 11.9 Å². The van der Waals surface area contributed by atoms with Gasteiger partial charge in [0.25, 0.3) is 0 Å². The van der Waals surface area contributed by atoms with E-state index in [-0.39, 0.29) is 30.0 Å². The summed E-state index contributed by atoms with van der Waals surface area (Å²) < 4.78 is 46.3. The van der Waals surface area contributed by atoms with Gasteiger partial charge in [-0.05, 0) is 79.0 Å². The Morgan fingerprint density at radius 1 is 1.17 bits per heavy atom. The van der Waals surface area contributed by atoms with Crippen LogP contribution in [0.3, 0.4) is 0 Å². The van der Waals surface area contributed by atoms with E-state index in [0.29, 0.717) is 11.3 Å². The number of allylic oxidation sites excluding steroid dienone is 1. The molecule has 3 aliphatic rings. The predicted octanol–water partition coefficient (Wildman–Crippen LogP) is 4.95. The second kappa shape index (κ2) is 9.30. The van der Waals surface area contributed by atoms with E-state index in [9.17, 15) is 18.0 Å². The molecule has 5 rings (SSSR count). The van der Waals surface area contributed by atoms with Crippen molar-refractivity contribution in [2.24, 2.45) is 5.92 Å². The lowest BCUT2D eigenvalue weighted by Crippen LogP contribution is -2.53. The van der Waals surface area contributed by atoms with E-state index >= 15 is 0 Å². The summed E-state index contributed by atoms with van der Waals surface area (Å²) in [4.78, 5) is 17.9. The van der Waals surface area contributed by atoms with Gasteiger partial charge in [0.05, 0.1) is 11.6 Å². The smallest absolute Gasteiger partial charge is 0.433 e. The normalized spacial score (nSPS) is 18.8. The van der Waals surface area contributed by atoms with Gasteiger partial charge in [-0.3, -0.25) is 9.69 Å². The van der Waals surface area contributed by atoms with E-state index in [4.69, 9.17) is 4.74 Å². The van der Waals surface area contributed by atoms with E-state index in [0.717, 1.165) is 45.3 Å². The molecular formula is C27H30F3N3O2. The summed E-state index contributed by atoms with van der Waals surface area (Å²) in [6, 6.07) is 9.10. The number of ether oxygens (including phenoxy) is 1. The maximum Gasteiger partial charge on any atom is 0.433 e. The Hall–Kier alpha value is -2.87. The number of likely N-dealkylation sites (tertiary alicyclic amines) is 1. The van der Waals surface area contributed by atoms with Crippen molar-refractivity contribution in [1.82, 2.24) is 15.2 Å². The first kappa shape index (κ1) is 23.9. The van der Waals surface area contributed by atoms with E-state index in [1.165, 1.54) is 22.3 Å². The van der Waals surface area contributed by atoms with Gasteiger partial charge in [0.1, 0.15) is 18.1 Å². The Bertz CT molecular complexity index is 1160. The third kappa shape index (κ3) is 5.08. The van der Waals surface area contributed by atoms with E-state index in [1.54, 1.807) is 19.2 Å². The number of alkyl halides is 3. The second-order valence-corrected chi connectivity index (χ2v) is 9.85. The lowest BCUT2D eigenvalue weighted by molar-refractivity contribution is -0.142. The summed E-state index contributed by atoms with van der Waals surface area (Å²) in [6.45, 7) is 4.59. The maximum atomic E-state index is 13.5. The summed E-state index contributed by atoms with van der Waals surface area (Å²) >= 11 is 0. The fourth-order valence-electron chi connectivity index (χ4n) is 5.13. The van der Waals surface area contributed by atoms with Crippen molar-refractivity contribution >= 4 is 11.5 Å². The van der Waals surface area contributed by atoms with Crippen LogP contribution in [0.5, 0.6) is 5.75 Å². The van der Waals surface area contributed by atoms with Crippen LogP contribution in [0.2, 0.25) is 0 Å². The van der Waals surface area contributed by atoms with Crippen LogP contribution in [-0.2, 0) is 24.0 Å². The van der Waals surface area contributed by atoms with Crippen molar-refractivity contribution in [1.29, 1.82) is 0 Å². The molecule has 0 spiro atoms. The molecule has 0 unspecified atom stereocenters. The number of pyridine rings is 1. The van der Waals surface area contributed by atoms with Crippen LogP contribution in [-0.4, -0.2) is 42.5 Å². The van der Waals surface area contributed by atoms with Crippen LogP contribution >= 0.6 is 0 Å². The second-order valence-electron chi connectivity index (χ2n) is 9.85. The number of benzene rings is 1. The van der Waals surface area contributed by atoms with E-state index in [1.807, 2.05) is 18.2 Å². The van der Waals surface area contributed by atoms with Crippen molar-refractivity contribution in [2.75, 3.05) is 26.7 Å². The van der Waals surface area contributed by atoms with Gasteiger partial charge in [-0.1, -0.05) is 17.7 Å². The number of carbonyl (C=O) groups excluding carboxylic acids is 1. The average molecular weight is 486 g/mol. The number of aryl methyl sites for hydroxylation is 1. The molecule has 186 valence electrons. The number of rotatable bonds is 7. The minimum Gasteiger partial charge on any atom is -0.487 e. The predicted molar refractivity (Wildman–Crippen MR) is 127 cm³/mol. The molecule has 1 aromatic carbocycles. The lowest BCUT2D eigenvalue weighted by atomic mass is 9.85. The number of aromatic nitrogens is 1. The molecule has 1 saturated heterocycles. The molecule has 1 aliphatic heterocycles. The molecule has 2 fully saturated rings. The van der Waals surface area contributed by atoms with Gasteiger partial charge in [-0.25, -0.2) is 4.98 Å². The molecule has 1 saturated carbocycles. The van der Waals surface area contributed by atoms with Gasteiger partial charge >= 0.3 is 6.18 Å². The molecule has 8 heteroatoms. The van der Waals surface area contributed by atoms with Crippen LogP contribution < -0.4 is 10.1 Å². The summed E-state index contributed by atoms with van der Waals surface area (Å²) in [5.41, 5.74) is 4.83. The molecule has 2 heterocycles. The zero-order valence-corrected chi connectivity index (χ0v) is 20.0. The molecule has 1 amide bonds. The van der Waals surface area contributed by atoms with Crippen molar-refractivity contribution < 1.29 is 22.7 Å². The highest BCUT2D eigenvalue weighted by molar-refractivity contribution is 5.79. The van der Waals surface area contributed by atoms with Gasteiger partial charge in [-0.2, -0.15) is 13.2 Å². The molecule has 0 atom stereocenters. The number of hydrogen-bond acceptors (Lipinski definition) is 4. The first-order chi connectivity index (χ1) is 16.7. The first-order valence-electron chi connectivity index (χ1n) is 12.2. The fraction of sp³-hybridized carbons (Fsp3) is 0.481. The van der Waals surface area contributed by atoms with Crippen molar-refractivity contribution in [3.63, 3.8) is 0 Å². The molecule has 2 aromatic rings. The number of amides is 1. The molecular weight excluding hydrogens is 455 g/mol. The zero-order valence-electron chi connectivity index (χ0n) is 20.0. The topological polar surface area (TPSA) is 54.5 Å². The number of nitrogens with zero attached hydrogens (tertiary/aromatic N) is 2. The van der Waals surface area contributed by atoms with Crippen molar-refractivity contribution in [3.05, 3.63) is 64.0 Å². The minimum atomic E-state index is -4.46. The van der Waals surface area contributed by atoms with Crippen LogP contribution in [0.15, 0.2) is 35.9 Å². The average Bonchev–Trinajstić information content (AvgIpc) is 3.65. The zero-order chi connectivity index (χ0) is 24.7. The van der Waals surface area contributed by atoms with Crippen LogP contribution in [0, 0.1) is 5.92 Å². The van der Waals surface area contributed by atoms with Crippen molar-refractivity contribution in [2.45, 2.75) is 51.3 Å². The molecule has 35 heavy (non-hydrogen) atoms. The summed E-state index contributed by atoms with van der Waals surface area (Å²) in [7, 11) is 1.68. The summed E-state index contributed by atoms with van der Waals surface area (Å²) in [6.07, 6.45) is -1.04. The monoisotopic (exact) mass is 485 g/mol. The van der Waals surface area contributed by atoms with Crippen molar-refractivity contribution in [3.8, 4) is 5.75 Å². The summed E-state index contributed by atoms with van der Waals surface area (Å²) in [5.74, 6) is 0.812. The van der Waals surface area contributed by atoms with Crippen LogP contribution in [0.25, 0.3) is 5.57 Å². The highest BCUT2D eigenvalue weighted by atomic mass is 19.4. The standard InChI is InChI=1S/C27H30F3N3O2/c1-16-19(12-33-13-20(14-33)26(34)31-2)6-5-18-11-22(8-10-23(16)18)35-15-21-7-9-24(17-3-4-17)25(32-21)27(28,29)30/h7-11,17,20H,3-6,12-15H2,1-2H3,(H,31,34).